The zero-order valence-electron chi connectivity index (χ0n) is 17.1. The molecule has 0 saturated heterocycles. The van der Waals surface area contributed by atoms with Crippen molar-refractivity contribution in [2.75, 3.05) is 6.61 Å². The highest BCUT2D eigenvalue weighted by Crippen LogP contribution is 2.32. The van der Waals surface area contributed by atoms with Gasteiger partial charge in [-0.3, -0.25) is 4.79 Å². The highest BCUT2D eigenvalue weighted by Gasteiger charge is 2.16. The lowest BCUT2D eigenvalue weighted by molar-refractivity contribution is -0.143. The Bertz CT molecular complexity index is 929. The lowest BCUT2D eigenvalue weighted by atomic mass is 10.1. The first kappa shape index (κ1) is 20.7. The maximum Gasteiger partial charge on any atom is 0.306 e. The molecular weight excluding hydrogens is 360 g/mol. The largest absolute Gasteiger partial charge is 0.485 e. The van der Waals surface area contributed by atoms with Crippen LogP contribution in [0.2, 0.25) is 0 Å². The van der Waals surface area contributed by atoms with Gasteiger partial charge in [0.25, 0.3) is 0 Å². The summed E-state index contributed by atoms with van der Waals surface area (Å²) < 4.78 is 11.4. The Kier molecular flexibility index (Phi) is 7.46. The van der Waals surface area contributed by atoms with E-state index in [1.807, 2.05) is 37.3 Å². The highest BCUT2D eigenvalue weighted by molar-refractivity contribution is 5.70. The number of hydrogen-bond acceptors (Lipinski definition) is 3. The van der Waals surface area contributed by atoms with Crippen LogP contribution in [-0.4, -0.2) is 12.6 Å². The summed E-state index contributed by atoms with van der Waals surface area (Å²) in [5, 5.41) is 0. The molecule has 150 valence electrons. The van der Waals surface area contributed by atoms with Gasteiger partial charge in [-0.15, -0.1) is 0 Å². The molecule has 0 saturated carbocycles. The van der Waals surface area contributed by atoms with Crippen molar-refractivity contribution in [3.63, 3.8) is 0 Å². The van der Waals surface area contributed by atoms with Gasteiger partial charge in [-0.1, -0.05) is 72.3 Å². The van der Waals surface area contributed by atoms with E-state index in [0.717, 1.165) is 28.9 Å². The van der Waals surface area contributed by atoms with Crippen LogP contribution in [0.3, 0.4) is 0 Å². The molecule has 0 aromatic heterocycles. The Morgan fingerprint density at radius 3 is 2.72 bits per heavy atom. The van der Waals surface area contributed by atoms with Crippen LogP contribution in [0.15, 0.2) is 72.8 Å². The van der Waals surface area contributed by atoms with Crippen LogP contribution >= 0.6 is 0 Å². The minimum atomic E-state index is -0.156. The summed E-state index contributed by atoms with van der Waals surface area (Å²) in [4.78, 5) is 11.6. The van der Waals surface area contributed by atoms with Crippen molar-refractivity contribution in [3.05, 3.63) is 95.1 Å². The summed E-state index contributed by atoms with van der Waals surface area (Å²) in [7, 11) is 0. The number of carbonyl (C=O) groups is 1. The number of carbonyl (C=O) groups excluding carboxylic acids is 1. The molecule has 2 aromatic rings. The average molecular weight is 389 g/mol. The van der Waals surface area contributed by atoms with E-state index in [1.165, 1.54) is 5.56 Å². The maximum atomic E-state index is 11.6. The fourth-order valence-corrected chi connectivity index (χ4v) is 3.27. The molecule has 0 bridgehead atoms. The van der Waals surface area contributed by atoms with Crippen molar-refractivity contribution in [1.29, 1.82) is 0 Å². The van der Waals surface area contributed by atoms with Gasteiger partial charge < -0.3 is 9.47 Å². The zero-order chi connectivity index (χ0) is 20.5. The predicted molar refractivity (Wildman–Crippen MR) is 117 cm³/mol. The fraction of sp³-hybridized carbons (Fsp3) is 0.269. The molecule has 3 rings (SSSR count). The molecule has 1 aliphatic rings. The van der Waals surface area contributed by atoms with Crippen molar-refractivity contribution in [1.82, 2.24) is 0 Å². The van der Waals surface area contributed by atoms with Crippen molar-refractivity contribution in [2.45, 2.75) is 39.2 Å². The minimum Gasteiger partial charge on any atom is -0.485 e. The summed E-state index contributed by atoms with van der Waals surface area (Å²) in [6.07, 6.45) is 6.08. The van der Waals surface area contributed by atoms with Crippen LogP contribution in [0.4, 0.5) is 0 Å². The van der Waals surface area contributed by atoms with E-state index < -0.39 is 0 Å². The Labute approximate surface area is 173 Å². The Morgan fingerprint density at radius 1 is 1.07 bits per heavy atom. The van der Waals surface area contributed by atoms with Gasteiger partial charge in [-0.25, -0.2) is 0 Å². The first-order valence-electron chi connectivity index (χ1n) is 10.2. The smallest absolute Gasteiger partial charge is 0.306 e. The summed E-state index contributed by atoms with van der Waals surface area (Å²) in [6.45, 7) is 4.33. The molecule has 2 aromatic carbocycles. The number of fused-ring (bicyclic) bond motifs is 1. The summed E-state index contributed by atoms with van der Waals surface area (Å²) in [6, 6.07) is 22.7. The van der Waals surface area contributed by atoms with E-state index in [-0.39, 0.29) is 12.1 Å². The number of esters is 1. The molecule has 0 spiro atoms. The number of rotatable bonds is 5. The Balaban J connectivity index is 1.79. The number of ether oxygens (including phenoxy) is 2. The normalized spacial score (nSPS) is 14.8. The fourth-order valence-electron chi connectivity index (χ4n) is 3.27. The molecule has 0 amide bonds. The average Bonchev–Trinajstić information content (AvgIpc) is 2.93. The third-order valence-electron chi connectivity index (χ3n) is 4.80. The molecule has 1 aliphatic heterocycles. The topological polar surface area (TPSA) is 35.5 Å². The molecule has 1 heterocycles. The van der Waals surface area contributed by atoms with Gasteiger partial charge in [-0.2, -0.15) is 0 Å². The second-order valence-corrected chi connectivity index (χ2v) is 7.10. The molecular formula is C26H28O3. The molecule has 1 atom stereocenters. The standard InChI is InChI=1S/C26H28O3/c1-3-28-26(27)18-16-21-15-17-25-23(19-21)13-8-14-24(29-25)22-11-6-4-5-9-20(2)10-7-12-22/h4-13,15,17,19,24H,3,14,16,18H2,1-2H3. The van der Waals surface area contributed by atoms with E-state index >= 15 is 0 Å². The van der Waals surface area contributed by atoms with Crippen molar-refractivity contribution in [3.8, 4) is 5.75 Å². The SMILES string of the molecule is CCOC(=O)CCc1ccc2c(c1)C=CCC(c1cccccc(C)ccc1)O2. The van der Waals surface area contributed by atoms with Crippen LogP contribution in [0.5, 0.6) is 5.75 Å². The predicted octanol–water partition coefficient (Wildman–Crippen LogP) is 6.15. The van der Waals surface area contributed by atoms with Gasteiger partial charge in [0.1, 0.15) is 11.9 Å². The minimum absolute atomic E-state index is 0.0455. The van der Waals surface area contributed by atoms with Gasteiger partial charge in [0, 0.05) is 18.4 Å². The third kappa shape index (κ3) is 6.21. The molecule has 1 unspecified atom stereocenters. The van der Waals surface area contributed by atoms with E-state index in [0.29, 0.717) is 19.4 Å². The van der Waals surface area contributed by atoms with Gasteiger partial charge >= 0.3 is 5.97 Å². The van der Waals surface area contributed by atoms with Crippen LogP contribution in [0, 0.1) is 6.92 Å². The first-order chi connectivity index (χ1) is 14.2. The van der Waals surface area contributed by atoms with E-state index in [9.17, 15) is 4.79 Å². The molecule has 0 N–H and O–H groups in total. The van der Waals surface area contributed by atoms with E-state index in [2.05, 4.69) is 55.5 Å². The summed E-state index contributed by atoms with van der Waals surface area (Å²) >= 11 is 0. The lowest BCUT2D eigenvalue weighted by Gasteiger charge is -2.18. The summed E-state index contributed by atoms with van der Waals surface area (Å²) in [5.74, 6) is 0.710. The van der Waals surface area contributed by atoms with Crippen molar-refractivity contribution in [2.24, 2.45) is 0 Å². The van der Waals surface area contributed by atoms with Crippen LogP contribution in [0.1, 0.15) is 48.1 Å². The first-order valence-corrected chi connectivity index (χ1v) is 10.2. The van der Waals surface area contributed by atoms with Crippen LogP contribution in [-0.2, 0) is 16.0 Å². The van der Waals surface area contributed by atoms with Gasteiger partial charge in [-0.05, 0) is 43.5 Å². The van der Waals surface area contributed by atoms with Crippen molar-refractivity contribution >= 4 is 12.0 Å². The zero-order valence-corrected chi connectivity index (χ0v) is 17.1. The van der Waals surface area contributed by atoms with Crippen LogP contribution in [0.25, 0.3) is 6.08 Å². The number of benzene rings is 1. The molecule has 0 radical (unpaired) electrons. The van der Waals surface area contributed by atoms with Crippen LogP contribution < -0.4 is 4.74 Å². The molecule has 0 aliphatic carbocycles. The van der Waals surface area contributed by atoms with Gasteiger partial charge in [0.2, 0.25) is 0 Å². The van der Waals surface area contributed by atoms with Gasteiger partial charge in [0.15, 0.2) is 0 Å². The molecule has 3 nitrogen and oxygen atoms in total. The molecule has 3 heteroatoms. The number of hydrogen-bond donors (Lipinski definition) is 0. The van der Waals surface area contributed by atoms with Crippen molar-refractivity contribution < 1.29 is 14.3 Å². The second-order valence-electron chi connectivity index (χ2n) is 7.10. The third-order valence-corrected chi connectivity index (χ3v) is 4.80. The quantitative estimate of drug-likeness (QED) is 0.576. The monoisotopic (exact) mass is 388 g/mol. The Hall–Kier alpha value is -3.07. The molecule has 0 fully saturated rings. The highest BCUT2D eigenvalue weighted by atomic mass is 16.5. The van der Waals surface area contributed by atoms with E-state index in [4.69, 9.17) is 9.47 Å². The lowest BCUT2D eigenvalue weighted by Crippen LogP contribution is -2.06. The molecule has 29 heavy (non-hydrogen) atoms. The maximum absolute atomic E-state index is 11.6. The number of aryl methyl sites for hydroxylation is 2. The summed E-state index contributed by atoms with van der Waals surface area (Å²) in [5.41, 5.74) is 4.49. The van der Waals surface area contributed by atoms with Gasteiger partial charge in [0.05, 0.1) is 6.61 Å². The van der Waals surface area contributed by atoms with E-state index in [1.54, 1.807) is 0 Å². The second kappa shape index (κ2) is 10.5. The Morgan fingerprint density at radius 2 is 1.86 bits per heavy atom.